The van der Waals surface area contributed by atoms with E-state index in [9.17, 15) is 14.4 Å². The van der Waals surface area contributed by atoms with Crippen LogP contribution in [-0.4, -0.2) is 61.2 Å². The lowest BCUT2D eigenvalue weighted by Gasteiger charge is -2.28. The van der Waals surface area contributed by atoms with Gasteiger partial charge in [0, 0.05) is 42.5 Å². The summed E-state index contributed by atoms with van der Waals surface area (Å²) in [4.78, 5) is 40.1. The summed E-state index contributed by atoms with van der Waals surface area (Å²) in [5.41, 5.74) is 1.22. The third kappa shape index (κ3) is 4.72. The number of thioether (sulfide) groups is 1. The second-order valence-electron chi connectivity index (χ2n) is 6.85. The number of allylic oxidation sites excluding steroid dienone is 2. The van der Waals surface area contributed by atoms with E-state index in [0.717, 1.165) is 30.2 Å². The highest BCUT2D eigenvalue weighted by Gasteiger charge is 2.35. The number of rotatable bonds is 7. The zero-order valence-electron chi connectivity index (χ0n) is 16.7. The number of amides is 1. The molecule has 2 aliphatic rings. The standard InChI is InChI=1S/C22H25NO5S/c1-27-21-18(24)14-17(20(26)22(21)28-2)16(15-6-4-3-5-7-15)8-9-19(25)23-10-12-29-13-11-23/h3-7,14,16H,8-13H2,1-2H3. The van der Waals surface area contributed by atoms with Gasteiger partial charge in [-0.2, -0.15) is 11.8 Å². The number of methoxy groups -OCH3 is 2. The summed E-state index contributed by atoms with van der Waals surface area (Å²) in [5.74, 6) is 0.659. The molecule has 0 spiro atoms. The van der Waals surface area contributed by atoms with Crippen molar-refractivity contribution >= 4 is 29.2 Å². The Bertz CT molecular complexity index is 840. The third-order valence-electron chi connectivity index (χ3n) is 5.18. The van der Waals surface area contributed by atoms with Crippen LogP contribution >= 0.6 is 11.8 Å². The molecule has 0 radical (unpaired) electrons. The Balaban J connectivity index is 1.86. The molecule has 1 heterocycles. The van der Waals surface area contributed by atoms with Gasteiger partial charge < -0.3 is 14.4 Å². The summed E-state index contributed by atoms with van der Waals surface area (Å²) in [5, 5.41) is 0. The van der Waals surface area contributed by atoms with E-state index in [4.69, 9.17) is 9.47 Å². The number of ketones is 2. The van der Waals surface area contributed by atoms with Crippen molar-refractivity contribution in [2.75, 3.05) is 38.8 Å². The predicted octanol–water partition coefficient (Wildman–Crippen LogP) is 2.71. The largest absolute Gasteiger partial charge is 0.490 e. The van der Waals surface area contributed by atoms with E-state index >= 15 is 0 Å². The normalized spacial score (nSPS) is 18.4. The zero-order chi connectivity index (χ0) is 20.8. The third-order valence-corrected chi connectivity index (χ3v) is 6.12. The minimum Gasteiger partial charge on any atom is -0.490 e. The lowest BCUT2D eigenvalue weighted by molar-refractivity contribution is -0.131. The monoisotopic (exact) mass is 415 g/mol. The number of carbonyl (C=O) groups excluding carboxylic acids is 3. The van der Waals surface area contributed by atoms with Crippen molar-refractivity contribution in [1.82, 2.24) is 4.90 Å². The molecule has 1 saturated heterocycles. The van der Waals surface area contributed by atoms with Gasteiger partial charge in [-0.1, -0.05) is 30.3 Å². The van der Waals surface area contributed by atoms with E-state index in [1.165, 1.54) is 20.3 Å². The van der Waals surface area contributed by atoms with Gasteiger partial charge in [0.05, 0.1) is 14.2 Å². The second-order valence-corrected chi connectivity index (χ2v) is 8.08. The molecule has 3 rings (SSSR count). The van der Waals surface area contributed by atoms with Gasteiger partial charge in [0.2, 0.25) is 29.0 Å². The van der Waals surface area contributed by atoms with Crippen LogP contribution in [0.4, 0.5) is 0 Å². The Labute approximate surface area is 174 Å². The molecule has 0 saturated carbocycles. The van der Waals surface area contributed by atoms with E-state index in [1.54, 1.807) is 0 Å². The number of ether oxygens (including phenoxy) is 2. The van der Waals surface area contributed by atoms with Crippen LogP contribution in [0, 0.1) is 0 Å². The summed E-state index contributed by atoms with van der Waals surface area (Å²) in [7, 11) is 2.68. The highest BCUT2D eigenvalue weighted by molar-refractivity contribution is 7.99. The van der Waals surface area contributed by atoms with Crippen molar-refractivity contribution in [2.45, 2.75) is 18.8 Å². The molecular formula is C22H25NO5S. The Morgan fingerprint density at radius 3 is 2.34 bits per heavy atom. The van der Waals surface area contributed by atoms with Crippen molar-refractivity contribution in [1.29, 1.82) is 0 Å². The fourth-order valence-electron chi connectivity index (χ4n) is 3.68. The van der Waals surface area contributed by atoms with Gasteiger partial charge in [-0.15, -0.1) is 0 Å². The quantitative estimate of drug-likeness (QED) is 0.638. The molecule has 1 unspecified atom stereocenters. The van der Waals surface area contributed by atoms with Crippen molar-refractivity contribution in [3.8, 4) is 0 Å². The SMILES string of the molecule is COC1=C(OC)C(=O)C(C(CCC(=O)N2CCSCC2)c2ccccc2)=CC1=O. The van der Waals surface area contributed by atoms with Crippen LogP contribution in [0.25, 0.3) is 0 Å². The van der Waals surface area contributed by atoms with Crippen LogP contribution in [0.15, 0.2) is 53.5 Å². The van der Waals surface area contributed by atoms with Crippen LogP contribution in [-0.2, 0) is 23.9 Å². The first kappa shape index (κ1) is 21.2. The van der Waals surface area contributed by atoms with E-state index in [-0.39, 0.29) is 29.1 Å². The fourth-order valence-corrected chi connectivity index (χ4v) is 4.58. The number of hydrogen-bond donors (Lipinski definition) is 0. The summed E-state index contributed by atoms with van der Waals surface area (Å²) < 4.78 is 10.2. The average Bonchev–Trinajstić information content (AvgIpc) is 2.76. The summed E-state index contributed by atoms with van der Waals surface area (Å²) in [6.07, 6.45) is 2.08. The van der Waals surface area contributed by atoms with E-state index in [0.29, 0.717) is 18.4 Å². The zero-order valence-corrected chi connectivity index (χ0v) is 17.5. The van der Waals surface area contributed by atoms with Gasteiger partial charge in [-0.3, -0.25) is 14.4 Å². The first-order valence-corrected chi connectivity index (χ1v) is 10.8. The van der Waals surface area contributed by atoms with Crippen molar-refractivity contribution in [2.24, 2.45) is 0 Å². The summed E-state index contributed by atoms with van der Waals surface area (Å²) >= 11 is 1.85. The molecule has 1 atom stereocenters. The fraction of sp³-hybridized carbons (Fsp3) is 0.409. The van der Waals surface area contributed by atoms with E-state index in [1.807, 2.05) is 47.0 Å². The smallest absolute Gasteiger partial charge is 0.228 e. The lowest BCUT2D eigenvalue weighted by Crippen LogP contribution is -2.38. The Kier molecular flexibility index (Phi) is 7.14. The Morgan fingerprint density at radius 1 is 1.07 bits per heavy atom. The summed E-state index contributed by atoms with van der Waals surface area (Å²) in [6, 6.07) is 9.48. The number of carbonyl (C=O) groups is 3. The lowest BCUT2D eigenvalue weighted by atomic mass is 9.81. The molecule has 1 fully saturated rings. The molecule has 1 aliphatic heterocycles. The minimum absolute atomic E-state index is 0.0847. The number of hydrogen-bond acceptors (Lipinski definition) is 6. The Hall–Kier alpha value is -2.54. The average molecular weight is 416 g/mol. The molecule has 0 N–H and O–H groups in total. The maximum atomic E-state index is 13.1. The molecule has 29 heavy (non-hydrogen) atoms. The van der Waals surface area contributed by atoms with Crippen LogP contribution in [0.2, 0.25) is 0 Å². The maximum absolute atomic E-state index is 13.1. The van der Waals surface area contributed by atoms with Gasteiger partial charge in [-0.05, 0) is 18.1 Å². The highest BCUT2D eigenvalue weighted by atomic mass is 32.2. The minimum atomic E-state index is -0.403. The molecule has 1 amide bonds. The van der Waals surface area contributed by atoms with Gasteiger partial charge in [0.1, 0.15) is 0 Å². The topological polar surface area (TPSA) is 72.9 Å². The Morgan fingerprint density at radius 2 is 1.72 bits per heavy atom. The van der Waals surface area contributed by atoms with Gasteiger partial charge in [0.15, 0.2) is 0 Å². The highest BCUT2D eigenvalue weighted by Crippen LogP contribution is 2.35. The molecule has 154 valence electrons. The first-order chi connectivity index (χ1) is 14.1. The molecule has 1 aromatic rings. The van der Waals surface area contributed by atoms with Gasteiger partial charge in [-0.25, -0.2) is 0 Å². The first-order valence-electron chi connectivity index (χ1n) is 9.60. The molecule has 0 bridgehead atoms. The van der Waals surface area contributed by atoms with Crippen LogP contribution in [0.1, 0.15) is 24.3 Å². The van der Waals surface area contributed by atoms with Gasteiger partial charge >= 0.3 is 0 Å². The maximum Gasteiger partial charge on any atom is 0.228 e. The van der Waals surface area contributed by atoms with E-state index < -0.39 is 5.78 Å². The van der Waals surface area contributed by atoms with Crippen molar-refractivity contribution < 1.29 is 23.9 Å². The van der Waals surface area contributed by atoms with Crippen LogP contribution in [0.5, 0.6) is 0 Å². The number of benzene rings is 1. The van der Waals surface area contributed by atoms with Gasteiger partial charge in [0.25, 0.3) is 0 Å². The number of nitrogens with zero attached hydrogens (tertiary/aromatic N) is 1. The molecule has 1 aliphatic carbocycles. The van der Waals surface area contributed by atoms with Crippen molar-refractivity contribution in [3.63, 3.8) is 0 Å². The second kappa shape index (κ2) is 9.78. The molecule has 7 heteroatoms. The summed E-state index contributed by atoms with van der Waals surface area (Å²) in [6.45, 7) is 1.51. The molecule has 6 nitrogen and oxygen atoms in total. The van der Waals surface area contributed by atoms with Crippen LogP contribution < -0.4 is 0 Å². The predicted molar refractivity (Wildman–Crippen MR) is 111 cm³/mol. The molecule has 0 aromatic heterocycles. The molecule has 1 aromatic carbocycles. The molecular weight excluding hydrogens is 390 g/mol. The number of Topliss-reactive ketones (excluding diaryl/α,β-unsaturated/α-hetero) is 1. The van der Waals surface area contributed by atoms with Crippen LogP contribution in [0.3, 0.4) is 0 Å². The van der Waals surface area contributed by atoms with Crippen molar-refractivity contribution in [3.05, 3.63) is 59.1 Å². The van der Waals surface area contributed by atoms with E-state index in [2.05, 4.69) is 0 Å².